The number of methoxy groups -OCH3 is 1. The summed E-state index contributed by atoms with van der Waals surface area (Å²) in [5, 5.41) is 9.15. The SMILES string of the molecule is CCCOc1nc(N)nc(OC(O)OC)c1N. The van der Waals surface area contributed by atoms with Gasteiger partial charge in [-0.05, 0) is 6.42 Å². The van der Waals surface area contributed by atoms with E-state index in [9.17, 15) is 0 Å². The van der Waals surface area contributed by atoms with Gasteiger partial charge in [-0.15, -0.1) is 0 Å². The lowest BCUT2D eigenvalue weighted by Crippen LogP contribution is -2.20. The van der Waals surface area contributed by atoms with Gasteiger partial charge in [0, 0.05) is 7.11 Å². The van der Waals surface area contributed by atoms with Crippen LogP contribution in [0.2, 0.25) is 0 Å². The van der Waals surface area contributed by atoms with E-state index < -0.39 is 6.48 Å². The third kappa shape index (κ3) is 3.61. The predicted octanol–water partition coefficient (Wildman–Crippen LogP) is -0.269. The second kappa shape index (κ2) is 6.06. The molecule has 0 aliphatic heterocycles. The number of anilines is 2. The van der Waals surface area contributed by atoms with Crippen LogP contribution in [0.5, 0.6) is 11.8 Å². The summed E-state index contributed by atoms with van der Waals surface area (Å²) in [5.74, 6) is -0.0285. The van der Waals surface area contributed by atoms with Crippen LogP contribution in [0.15, 0.2) is 0 Å². The van der Waals surface area contributed by atoms with Gasteiger partial charge >= 0.3 is 6.48 Å². The Bertz CT molecular complexity index is 374. The van der Waals surface area contributed by atoms with Crippen LogP contribution in [0.1, 0.15) is 13.3 Å². The Hall–Kier alpha value is -1.80. The highest BCUT2D eigenvalue weighted by molar-refractivity contribution is 5.58. The van der Waals surface area contributed by atoms with Gasteiger partial charge in [0.15, 0.2) is 5.69 Å². The van der Waals surface area contributed by atoms with E-state index in [1.165, 1.54) is 7.11 Å². The number of aromatic nitrogens is 2. The molecular formula is C9H16N4O4. The molecule has 5 N–H and O–H groups in total. The Morgan fingerprint density at radius 3 is 2.53 bits per heavy atom. The predicted molar refractivity (Wildman–Crippen MR) is 60.3 cm³/mol. The van der Waals surface area contributed by atoms with Gasteiger partial charge in [-0.1, -0.05) is 6.92 Å². The second-order valence-corrected chi connectivity index (χ2v) is 3.11. The normalized spacial score (nSPS) is 12.2. The van der Waals surface area contributed by atoms with Crippen molar-refractivity contribution in [2.45, 2.75) is 19.8 Å². The topological polar surface area (TPSA) is 126 Å². The molecule has 0 aliphatic rings. The van der Waals surface area contributed by atoms with Gasteiger partial charge in [0.1, 0.15) is 0 Å². The maximum absolute atomic E-state index is 9.15. The van der Waals surface area contributed by atoms with E-state index in [1.54, 1.807) is 0 Å². The van der Waals surface area contributed by atoms with Crippen molar-refractivity contribution in [3.8, 4) is 11.8 Å². The fourth-order valence-electron chi connectivity index (χ4n) is 0.987. The van der Waals surface area contributed by atoms with Crippen molar-refractivity contribution >= 4 is 11.6 Å². The summed E-state index contributed by atoms with van der Waals surface area (Å²) in [6, 6.07) is 0. The van der Waals surface area contributed by atoms with Crippen LogP contribution in [0.3, 0.4) is 0 Å². The summed E-state index contributed by atoms with van der Waals surface area (Å²) >= 11 is 0. The van der Waals surface area contributed by atoms with Crippen LogP contribution in [0.25, 0.3) is 0 Å². The van der Waals surface area contributed by atoms with E-state index in [1.807, 2.05) is 6.92 Å². The highest BCUT2D eigenvalue weighted by Gasteiger charge is 2.16. The molecule has 0 bridgehead atoms. The summed E-state index contributed by atoms with van der Waals surface area (Å²) in [5.41, 5.74) is 11.2. The molecule has 0 saturated carbocycles. The molecule has 1 aromatic heterocycles. The molecular weight excluding hydrogens is 228 g/mol. The zero-order chi connectivity index (χ0) is 12.8. The number of hydrogen-bond acceptors (Lipinski definition) is 8. The lowest BCUT2D eigenvalue weighted by molar-refractivity contribution is -0.201. The monoisotopic (exact) mass is 244 g/mol. The van der Waals surface area contributed by atoms with E-state index >= 15 is 0 Å². The maximum atomic E-state index is 9.15. The van der Waals surface area contributed by atoms with Crippen LogP contribution in [0, 0.1) is 0 Å². The minimum atomic E-state index is -1.48. The van der Waals surface area contributed by atoms with Crippen molar-refractivity contribution in [1.82, 2.24) is 9.97 Å². The van der Waals surface area contributed by atoms with Crippen LogP contribution >= 0.6 is 0 Å². The molecule has 1 rings (SSSR count). The molecule has 17 heavy (non-hydrogen) atoms. The zero-order valence-corrected chi connectivity index (χ0v) is 9.71. The van der Waals surface area contributed by atoms with E-state index in [2.05, 4.69) is 14.7 Å². The molecule has 0 saturated heterocycles. The summed E-state index contributed by atoms with van der Waals surface area (Å²) in [6.45, 7) is 0.894. The molecule has 0 aromatic carbocycles. The average Bonchev–Trinajstić information content (AvgIpc) is 2.31. The van der Waals surface area contributed by atoms with Crippen molar-refractivity contribution in [2.75, 3.05) is 25.2 Å². The van der Waals surface area contributed by atoms with Gasteiger partial charge < -0.3 is 30.8 Å². The Balaban J connectivity index is 2.92. The van der Waals surface area contributed by atoms with Crippen molar-refractivity contribution in [3.63, 3.8) is 0 Å². The molecule has 1 aromatic rings. The van der Waals surface area contributed by atoms with Crippen LogP contribution in [-0.4, -0.2) is 35.3 Å². The maximum Gasteiger partial charge on any atom is 0.314 e. The fourth-order valence-corrected chi connectivity index (χ4v) is 0.987. The Morgan fingerprint density at radius 1 is 1.29 bits per heavy atom. The molecule has 0 radical (unpaired) electrons. The number of hydrogen-bond donors (Lipinski definition) is 3. The second-order valence-electron chi connectivity index (χ2n) is 3.11. The minimum Gasteiger partial charge on any atom is -0.476 e. The number of nitrogen functional groups attached to an aromatic ring is 2. The van der Waals surface area contributed by atoms with Crippen LogP contribution in [-0.2, 0) is 4.74 Å². The molecule has 96 valence electrons. The lowest BCUT2D eigenvalue weighted by atomic mass is 10.5. The zero-order valence-electron chi connectivity index (χ0n) is 9.71. The van der Waals surface area contributed by atoms with Crippen molar-refractivity contribution < 1.29 is 19.3 Å². The lowest BCUT2D eigenvalue weighted by Gasteiger charge is -2.14. The van der Waals surface area contributed by atoms with Gasteiger partial charge in [-0.25, -0.2) is 0 Å². The first-order valence-electron chi connectivity index (χ1n) is 5.01. The first-order chi connectivity index (χ1) is 8.08. The molecule has 1 atom stereocenters. The third-order valence-electron chi connectivity index (χ3n) is 1.75. The van der Waals surface area contributed by atoms with E-state index in [-0.39, 0.29) is 23.4 Å². The van der Waals surface area contributed by atoms with E-state index in [4.69, 9.17) is 26.0 Å². The Morgan fingerprint density at radius 2 is 1.94 bits per heavy atom. The summed E-state index contributed by atoms with van der Waals surface area (Å²) in [4.78, 5) is 7.55. The Kier molecular flexibility index (Phi) is 4.73. The Labute approximate surface area is 98.5 Å². The molecule has 0 fully saturated rings. The number of nitrogens with zero attached hydrogens (tertiary/aromatic N) is 2. The third-order valence-corrected chi connectivity index (χ3v) is 1.75. The molecule has 8 heteroatoms. The number of aliphatic hydroxyl groups is 1. The van der Waals surface area contributed by atoms with Gasteiger partial charge in [0.2, 0.25) is 11.8 Å². The van der Waals surface area contributed by atoms with E-state index in [0.29, 0.717) is 6.61 Å². The molecule has 0 amide bonds. The van der Waals surface area contributed by atoms with Gasteiger partial charge in [0.25, 0.3) is 5.88 Å². The number of aliphatic hydroxyl groups excluding tert-OH is 1. The van der Waals surface area contributed by atoms with Crippen molar-refractivity contribution in [2.24, 2.45) is 0 Å². The molecule has 1 heterocycles. The van der Waals surface area contributed by atoms with Gasteiger partial charge in [0.05, 0.1) is 6.61 Å². The van der Waals surface area contributed by atoms with Crippen LogP contribution in [0.4, 0.5) is 11.6 Å². The fraction of sp³-hybridized carbons (Fsp3) is 0.556. The molecule has 8 nitrogen and oxygen atoms in total. The molecule has 1 unspecified atom stereocenters. The quantitative estimate of drug-likeness (QED) is 0.584. The first-order valence-corrected chi connectivity index (χ1v) is 5.01. The number of nitrogens with two attached hydrogens (primary N) is 2. The smallest absolute Gasteiger partial charge is 0.314 e. The average molecular weight is 244 g/mol. The highest BCUT2D eigenvalue weighted by Crippen LogP contribution is 2.29. The molecule has 0 aliphatic carbocycles. The highest BCUT2D eigenvalue weighted by atomic mass is 16.8. The van der Waals surface area contributed by atoms with Gasteiger partial charge in [-0.2, -0.15) is 9.97 Å². The summed E-state index contributed by atoms with van der Waals surface area (Å²) in [6.07, 6.45) is 0.792. The van der Waals surface area contributed by atoms with Crippen molar-refractivity contribution in [3.05, 3.63) is 0 Å². The first kappa shape index (κ1) is 13.3. The van der Waals surface area contributed by atoms with Crippen molar-refractivity contribution in [1.29, 1.82) is 0 Å². The largest absolute Gasteiger partial charge is 0.476 e. The minimum absolute atomic E-state index is 0.0590. The van der Waals surface area contributed by atoms with Gasteiger partial charge in [-0.3, -0.25) is 0 Å². The molecule has 0 spiro atoms. The van der Waals surface area contributed by atoms with E-state index in [0.717, 1.165) is 6.42 Å². The number of ether oxygens (including phenoxy) is 3. The standard InChI is InChI=1S/C9H16N4O4/c1-3-4-16-6-5(10)7(13-8(11)12-6)17-9(14)15-2/h9,14H,3-4,10H2,1-2H3,(H2,11,12,13). The van der Waals surface area contributed by atoms with Crippen LogP contribution < -0.4 is 20.9 Å². The summed E-state index contributed by atoms with van der Waals surface area (Å²) < 4.78 is 14.7. The number of rotatable bonds is 6. The summed E-state index contributed by atoms with van der Waals surface area (Å²) in [7, 11) is 1.26.